The molecule has 0 fully saturated rings. The molecule has 0 spiro atoms. The van der Waals surface area contributed by atoms with Gasteiger partial charge in [-0.1, -0.05) is 27.2 Å². The van der Waals surface area contributed by atoms with Crippen LogP contribution >= 0.6 is 0 Å². The molecule has 0 saturated heterocycles. The highest BCUT2D eigenvalue weighted by Gasteiger charge is 2.10. The molecule has 1 atom stereocenters. The van der Waals surface area contributed by atoms with Crippen molar-refractivity contribution in [2.75, 3.05) is 6.54 Å². The highest BCUT2D eigenvalue weighted by molar-refractivity contribution is 4.94. The highest BCUT2D eigenvalue weighted by atomic mass is 14.9. The van der Waals surface area contributed by atoms with Crippen LogP contribution < -0.4 is 5.32 Å². The van der Waals surface area contributed by atoms with Gasteiger partial charge in [0.15, 0.2) is 0 Å². The molecular formula is C14H27N. The van der Waals surface area contributed by atoms with Crippen molar-refractivity contribution in [3.63, 3.8) is 0 Å². The van der Waals surface area contributed by atoms with Gasteiger partial charge in [-0.3, -0.25) is 0 Å². The minimum Gasteiger partial charge on any atom is -0.314 e. The Balaban J connectivity index is 3.59. The van der Waals surface area contributed by atoms with Crippen LogP contribution in [0.3, 0.4) is 0 Å². The number of unbranched alkanes of at least 4 members (excludes halogenated alkanes) is 2. The van der Waals surface area contributed by atoms with Crippen LogP contribution in [0.2, 0.25) is 0 Å². The lowest BCUT2D eigenvalue weighted by Gasteiger charge is -2.22. The Bertz CT molecular complexity index is 185. The molecule has 1 N–H and O–H groups in total. The molecule has 0 aromatic heterocycles. The molecule has 0 radical (unpaired) electrons. The Labute approximate surface area is 96.0 Å². The Kier molecular flexibility index (Phi) is 9.73. The van der Waals surface area contributed by atoms with E-state index in [9.17, 15) is 0 Å². The molecule has 0 amide bonds. The van der Waals surface area contributed by atoms with Gasteiger partial charge in [0.2, 0.25) is 0 Å². The summed E-state index contributed by atoms with van der Waals surface area (Å²) in [6.07, 6.45) is 6.13. The second kappa shape index (κ2) is 10.1. The minimum atomic E-state index is 0.694. The van der Waals surface area contributed by atoms with Crippen LogP contribution in [0.5, 0.6) is 0 Å². The van der Waals surface area contributed by atoms with Crippen LogP contribution in [0.4, 0.5) is 0 Å². The van der Waals surface area contributed by atoms with Crippen LogP contribution in [0.25, 0.3) is 0 Å². The fraction of sp³-hybridized carbons (Fsp3) is 0.857. The van der Waals surface area contributed by atoms with Gasteiger partial charge in [0, 0.05) is 12.5 Å². The van der Waals surface area contributed by atoms with Crippen molar-refractivity contribution < 1.29 is 0 Å². The molecule has 0 aliphatic heterocycles. The van der Waals surface area contributed by atoms with Crippen molar-refractivity contribution in [1.29, 1.82) is 0 Å². The third-order valence-electron chi connectivity index (χ3n) is 2.70. The first kappa shape index (κ1) is 14.5. The first-order valence-corrected chi connectivity index (χ1v) is 6.35. The number of hydrogen-bond acceptors (Lipinski definition) is 1. The van der Waals surface area contributed by atoms with E-state index in [0.29, 0.717) is 6.04 Å². The molecule has 1 nitrogen and oxygen atoms in total. The van der Waals surface area contributed by atoms with Crippen molar-refractivity contribution in [3.05, 3.63) is 0 Å². The van der Waals surface area contributed by atoms with Gasteiger partial charge in [0.25, 0.3) is 0 Å². The van der Waals surface area contributed by atoms with Crippen LogP contribution in [0.1, 0.15) is 59.8 Å². The number of nitrogens with one attached hydrogen (secondary N) is 1. The van der Waals surface area contributed by atoms with E-state index in [1.54, 1.807) is 0 Å². The van der Waals surface area contributed by atoms with Crippen LogP contribution in [-0.2, 0) is 0 Å². The van der Waals surface area contributed by atoms with Crippen molar-refractivity contribution in [2.45, 2.75) is 65.8 Å². The molecule has 0 heterocycles. The van der Waals surface area contributed by atoms with E-state index >= 15 is 0 Å². The second-order valence-electron chi connectivity index (χ2n) is 4.48. The average molecular weight is 209 g/mol. The molecule has 0 aliphatic rings. The summed E-state index contributed by atoms with van der Waals surface area (Å²) in [4.78, 5) is 0. The fourth-order valence-corrected chi connectivity index (χ4v) is 1.70. The second-order valence-corrected chi connectivity index (χ2v) is 4.48. The molecule has 0 bridgehead atoms. The lowest BCUT2D eigenvalue weighted by Crippen LogP contribution is -2.34. The first-order chi connectivity index (χ1) is 7.22. The summed E-state index contributed by atoms with van der Waals surface area (Å²) in [5.74, 6) is 6.82. The summed E-state index contributed by atoms with van der Waals surface area (Å²) >= 11 is 0. The Hall–Kier alpha value is -0.480. The summed E-state index contributed by atoms with van der Waals surface area (Å²) in [5.41, 5.74) is 0. The van der Waals surface area contributed by atoms with E-state index in [2.05, 4.69) is 37.9 Å². The van der Waals surface area contributed by atoms with Gasteiger partial charge in [-0.15, -0.1) is 11.8 Å². The van der Waals surface area contributed by atoms with Gasteiger partial charge >= 0.3 is 0 Å². The fourth-order valence-electron chi connectivity index (χ4n) is 1.70. The summed E-state index contributed by atoms with van der Waals surface area (Å²) < 4.78 is 0. The number of hydrogen-bond donors (Lipinski definition) is 1. The van der Waals surface area contributed by atoms with Crippen LogP contribution in [-0.4, -0.2) is 12.6 Å². The van der Waals surface area contributed by atoms with Gasteiger partial charge in [-0.05, 0) is 38.6 Å². The normalized spacial score (nSPS) is 12.3. The van der Waals surface area contributed by atoms with Gasteiger partial charge in [-0.2, -0.15) is 0 Å². The standard InChI is InChI=1S/C14H27N/c1-5-7-8-9-10-11-14(13(3)4)15-12-6-2/h13-15H,6,8-12H2,1-4H3. The molecule has 0 rings (SSSR count). The lowest BCUT2D eigenvalue weighted by molar-refractivity contribution is 0.367. The van der Waals surface area contributed by atoms with Gasteiger partial charge in [0.05, 0.1) is 0 Å². The maximum Gasteiger partial charge on any atom is 0.00900 e. The molecule has 88 valence electrons. The predicted molar refractivity (Wildman–Crippen MR) is 68.8 cm³/mol. The largest absolute Gasteiger partial charge is 0.314 e. The third-order valence-corrected chi connectivity index (χ3v) is 2.70. The third kappa shape index (κ3) is 8.51. The van der Waals surface area contributed by atoms with Crippen LogP contribution in [0, 0.1) is 17.8 Å². The molecule has 0 aromatic rings. The summed E-state index contributed by atoms with van der Waals surface area (Å²) in [5, 5.41) is 3.62. The van der Waals surface area contributed by atoms with E-state index in [1.165, 1.54) is 25.7 Å². The molecule has 0 aliphatic carbocycles. The van der Waals surface area contributed by atoms with Gasteiger partial charge in [0.1, 0.15) is 0 Å². The van der Waals surface area contributed by atoms with E-state index in [1.807, 2.05) is 6.92 Å². The molecule has 1 unspecified atom stereocenters. The van der Waals surface area contributed by atoms with Crippen molar-refractivity contribution >= 4 is 0 Å². The summed E-state index contributed by atoms with van der Waals surface area (Å²) in [7, 11) is 0. The zero-order valence-electron chi connectivity index (χ0n) is 10.9. The zero-order valence-corrected chi connectivity index (χ0v) is 10.9. The Morgan fingerprint density at radius 3 is 2.47 bits per heavy atom. The van der Waals surface area contributed by atoms with E-state index < -0.39 is 0 Å². The quantitative estimate of drug-likeness (QED) is 0.476. The maximum atomic E-state index is 3.62. The number of rotatable bonds is 8. The average Bonchev–Trinajstić information content (AvgIpc) is 2.21. The van der Waals surface area contributed by atoms with Gasteiger partial charge < -0.3 is 5.32 Å². The predicted octanol–water partition coefficient (Wildman–Crippen LogP) is 3.59. The highest BCUT2D eigenvalue weighted by Crippen LogP contribution is 2.11. The summed E-state index contributed by atoms with van der Waals surface area (Å²) in [6, 6.07) is 0.694. The van der Waals surface area contributed by atoms with E-state index in [-0.39, 0.29) is 0 Å². The zero-order chi connectivity index (χ0) is 11.5. The molecule has 1 heteroatoms. The van der Waals surface area contributed by atoms with Crippen molar-refractivity contribution in [3.8, 4) is 11.8 Å². The summed E-state index contributed by atoms with van der Waals surface area (Å²) in [6.45, 7) is 9.90. The van der Waals surface area contributed by atoms with Gasteiger partial charge in [-0.25, -0.2) is 0 Å². The minimum absolute atomic E-state index is 0.694. The smallest absolute Gasteiger partial charge is 0.00900 e. The topological polar surface area (TPSA) is 12.0 Å². The molecule has 0 aromatic carbocycles. The monoisotopic (exact) mass is 209 g/mol. The van der Waals surface area contributed by atoms with Crippen molar-refractivity contribution in [1.82, 2.24) is 5.32 Å². The van der Waals surface area contributed by atoms with E-state index in [4.69, 9.17) is 0 Å². The Morgan fingerprint density at radius 2 is 1.93 bits per heavy atom. The van der Waals surface area contributed by atoms with E-state index in [0.717, 1.165) is 18.9 Å². The first-order valence-electron chi connectivity index (χ1n) is 6.35. The van der Waals surface area contributed by atoms with Crippen LogP contribution in [0.15, 0.2) is 0 Å². The maximum absolute atomic E-state index is 3.62. The van der Waals surface area contributed by atoms with Crippen molar-refractivity contribution in [2.24, 2.45) is 5.92 Å². The lowest BCUT2D eigenvalue weighted by atomic mass is 9.98. The molecule has 0 saturated carbocycles. The molecule has 15 heavy (non-hydrogen) atoms. The SMILES string of the molecule is CC#CCCCCC(NCCC)C(C)C. The molecular weight excluding hydrogens is 182 g/mol. The Morgan fingerprint density at radius 1 is 1.20 bits per heavy atom.